The highest BCUT2D eigenvalue weighted by molar-refractivity contribution is 5.88. The number of H-pyrrole nitrogens is 1. The second-order valence-electron chi connectivity index (χ2n) is 5.36. The number of quaternary nitrogens is 3. The molecule has 1 aromatic carbocycles. The molecule has 2 rings (SSSR count). The fourth-order valence-electron chi connectivity index (χ4n) is 2.77. The Labute approximate surface area is 142 Å². The number of hydrogen-bond acceptors (Lipinski definition) is 10. The quantitative estimate of drug-likeness (QED) is 0.191. The third-order valence-electron chi connectivity index (χ3n) is 3.70. The maximum atomic E-state index is 11.7. The van der Waals surface area contributed by atoms with E-state index in [0.29, 0.717) is 0 Å². The van der Waals surface area contributed by atoms with Crippen molar-refractivity contribution in [2.75, 3.05) is 0 Å². The smallest absolute Gasteiger partial charge is 0.554 e. The number of nitrogens with zero attached hydrogens (tertiary/aromatic N) is 3. The zero-order valence-electron chi connectivity index (χ0n) is 12.6. The van der Waals surface area contributed by atoms with Crippen molar-refractivity contribution in [2.24, 2.45) is 0 Å². The largest absolute Gasteiger partial charge is 0.574 e. The van der Waals surface area contributed by atoms with Crippen LogP contribution in [-0.2, 0) is 17.0 Å². The van der Waals surface area contributed by atoms with Crippen LogP contribution in [-0.4, -0.2) is 62.2 Å². The van der Waals surface area contributed by atoms with Crippen molar-refractivity contribution < 1.29 is 56.1 Å². The molecule has 0 saturated heterocycles. The van der Waals surface area contributed by atoms with Gasteiger partial charge < -0.3 is 25.7 Å². The van der Waals surface area contributed by atoms with E-state index in [1.165, 1.54) is 24.3 Å². The lowest BCUT2D eigenvalue weighted by atomic mass is 10.0. The van der Waals surface area contributed by atoms with Crippen LogP contribution in [0.25, 0.3) is 10.9 Å². The zero-order valence-corrected chi connectivity index (χ0v) is 12.6. The molecule has 15 nitrogen and oxygen atoms in total. The number of aromatic nitrogens is 1. The van der Waals surface area contributed by atoms with Crippen molar-refractivity contribution in [1.29, 1.82) is 0 Å². The summed E-state index contributed by atoms with van der Waals surface area (Å²) >= 11 is 0. The fraction of sp³-hybridized carbons (Fsp3) is 0.182. The topological polar surface area (TPSA) is 244 Å². The molecule has 0 amide bonds. The minimum absolute atomic E-state index is 0.0929. The molecular formula is C11H14N4O11. The number of nitrogens with one attached hydrogen (secondary N) is 1. The molecule has 0 saturated carbocycles. The van der Waals surface area contributed by atoms with Crippen LogP contribution in [0, 0.1) is 15.6 Å². The van der Waals surface area contributed by atoms with Crippen molar-refractivity contribution in [1.82, 2.24) is 4.98 Å². The summed E-state index contributed by atoms with van der Waals surface area (Å²) in [6.07, 6.45) is -1.08. The molecule has 144 valence electrons. The van der Waals surface area contributed by atoms with Crippen LogP contribution in [0.1, 0.15) is 11.3 Å². The molecule has 26 heavy (non-hydrogen) atoms. The van der Waals surface area contributed by atoms with E-state index in [1.807, 2.05) is 0 Å². The first-order chi connectivity index (χ1) is 11.6. The molecule has 0 aliphatic carbocycles. The third-order valence-corrected chi connectivity index (χ3v) is 3.70. The summed E-state index contributed by atoms with van der Waals surface area (Å²) < 4.78 is 0. The Bertz CT molecular complexity index is 793. The summed E-state index contributed by atoms with van der Waals surface area (Å²) in [7, 11) is 0. The summed E-state index contributed by atoms with van der Waals surface area (Å²) in [5, 5.41) is 100. The Hall–Kier alpha value is -2.25. The lowest BCUT2D eigenvalue weighted by Crippen LogP contribution is -2.80. The molecule has 8 N–H and O–H groups in total. The van der Waals surface area contributed by atoms with E-state index in [-0.39, 0.29) is 10.9 Å². The highest BCUT2D eigenvalue weighted by Gasteiger charge is 2.80. The normalized spacial score (nSPS) is 14.0. The number of aromatic amines is 1. The summed E-state index contributed by atoms with van der Waals surface area (Å²) in [6, 6.07) is 5.18. The predicted molar refractivity (Wildman–Crippen MR) is 72.9 cm³/mol. The average Bonchev–Trinajstić information content (AvgIpc) is 2.72. The Morgan fingerprint density at radius 3 is 1.85 bits per heavy atom. The number of carbonyl (C=O) groups is 1. The maximum absolute atomic E-state index is 11.7. The van der Waals surface area contributed by atoms with Gasteiger partial charge in [0.25, 0.3) is 0 Å². The standard InChI is InChI=1S/C11H14N4O11/c16-9(17)5-7-6-3-1-2-4-8(6)12-10(7)11(13(18,19)20,14(21,22)23)15(24,25)26/h1-4,12,18-19,21-22,24-25H,5H2,(H,16,17). The first kappa shape index (κ1) is 20.1. The van der Waals surface area contributed by atoms with E-state index < -0.39 is 44.4 Å². The molecule has 0 bridgehead atoms. The van der Waals surface area contributed by atoms with E-state index in [9.17, 15) is 51.7 Å². The van der Waals surface area contributed by atoms with Gasteiger partial charge in [-0.15, -0.1) is 0 Å². The lowest BCUT2D eigenvalue weighted by Gasteiger charge is -2.49. The van der Waals surface area contributed by atoms with Crippen molar-refractivity contribution in [3.8, 4) is 0 Å². The van der Waals surface area contributed by atoms with Gasteiger partial charge in [-0.05, 0) is 6.07 Å². The molecule has 2 aromatic rings. The monoisotopic (exact) mass is 378 g/mol. The number of aliphatic carboxylic acids is 1. The zero-order chi connectivity index (χ0) is 20.1. The van der Waals surface area contributed by atoms with Crippen LogP contribution in [0.5, 0.6) is 0 Å². The summed E-state index contributed by atoms with van der Waals surface area (Å²) in [5.74, 6) is -6.39. The van der Waals surface area contributed by atoms with Crippen LogP contribution in [0.2, 0.25) is 0 Å². The number of para-hydroxylation sites is 1. The van der Waals surface area contributed by atoms with Gasteiger partial charge in [0.1, 0.15) is 0 Å². The highest BCUT2D eigenvalue weighted by Crippen LogP contribution is 2.46. The van der Waals surface area contributed by atoms with E-state index in [2.05, 4.69) is 4.98 Å². The minimum atomic E-state index is -4.79. The van der Waals surface area contributed by atoms with Gasteiger partial charge in [-0.25, -0.2) is 0 Å². The molecule has 0 aliphatic rings. The van der Waals surface area contributed by atoms with Crippen molar-refractivity contribution >= 4 is 16.9 Å². The molecular weight excluding hydrogens is 364 g/mol. The molecule has 0 radical (unpaired) electrons. The van der Waals surface area contributed by atoms with Gasteiger partial charge >= 0.3 is 11.8 Å². The number of carboxylic acid groups (broad SMARTS) is 1. The van der Waals surface area contributed by atoms with Gasteiger partial charge in [0, 0.05) is 31.4 Å². The van der Waals surface area contributed by atoms with Crippen LogP contribution in [0.3, 0.4) is 0 Å². The number of hydroxylamine groups is 9. The fourth-order valence-corrected chi connectivity index (χ4v) is 2.77. The minimum Gasteiger partial charge on any atom is -0.554 e. The molecule has 1 heterocycles. The number of fused-ring (bicyclic) bond motifs is 1. The summed E-state index contributed by atoms with van der Waals surface area (Å²) in [4.78, 5) is 0.450. The number of hydrogen-bond donors (Lipinski definition) is 8. The Kier molecular flexibility index (Phi) is 4.54. The number of carboxylic acids is 1. The first-order valence-electron chi connectivity index (χ1n) is 6.63. The van der Waals surface area contributed by atoms with Gasteiger partial charge in [-0.3, -0.25) is 4.79 Å². The molecule has 0 spiro atoms. The molecule has 15 heteroatoms. The number of benzene rings is 1. The van der Waals surface area contributed by atoms with Crippen molar-refractivity contribution in [3.05, 3.63) is 51.1 Å². The predicted octanol–water partition coefficient (Wildman–Crippen LogP) is 0.184. The van der Waals surface area contributed by atoms with Crippen LogP contribution in [0.4, 0.5) is 0 Å². The lowest BCUT2D eigenvalue weighted by molar-refractivity contribution is -1.55. The Morgan fingerprint density at radius 2 is 1.42 bits per heavy atom. The van der Waals surface area contributed by atoms with E-state index in [0.717, 1.165) is 0 Å². The van der Waals surface area contributed by atoms with Crippen molar-refractivity contribution in [3.63, 3.8) is 0 Å². The van der Waals surface area contributed by atoms with E-state index in [1.54, 1.807) is 0 Å². The molecule has 0 unspecified atom stereocenters. The van der Waals surface area contributed by atoms with Gasteiger partial charge in [0.2, 0.25) is 5.69 Å². The van der Waals surface area contributed by atoms with Gasteiger partial charge in [-0.2, -0.15) is 31.2 Å². The van der Waals surface area contributed by atoms with Gasteiger partial charge in [0.15, 0.2) is 0 Å². The molecule has 0 fully saturated rings. The SMILES string of the molecule is O=C(O)Cc1c(C([N+]([O-])(O)O)([N+]([O-])(O)O)[N+]([O-])(O)O)[nH]c2ccccc12. The first-order valence-corrected chi connectivity index (χ1v) is 6.63. The highest BCUT2D eigenvalue weighted by atomic mass is 17.2. The van der Waals surface area contributed by atoms with Crippen molar-refractivity contribution in [2.45, 2.75) is 12.2 Å². The molecule has 1 aromatic heterocycles. The molecule has 0 atom stereocenters. The Balaban J connectivity index is 3.05. The average molecular weight is 378 g/mol. The maximum Gasteiger partial charge on any atom is 0.574 e. The van der Waals surface area contributed by atoms with E-state index in [4.69, 9.17) is 5.11 Å². The third kappa shape index (κ3) is 2.81. The Morgan fingerprint density at radius 1 is 0.962 bits per heavy atom. The van der Waals surface area contributed by atoms with Crippen LogP contribution < -0.4 is 0 Å². The van der Waals surface area contributed by atoms with Gasteiger partial charge in [-0.1, -0.05) is 18.2 Å². The van der Waals surface area contributed by atoms with Gasteiger partial charge in [0.05, 0.1) is 6.42 Å². The number of rotatable bonds is 6. The van der Waals surface area contributed by atoms with Crippen LogP contribution in [0.15, 0.2) is 24.3 Å². The molecule has 0 aliphatic heterocycles. The summed E-state index contributed by atoms with van der Waals surface area (Å²) in [5.41, 5.74) is -2.22. The van der Waals surface area contributed by atoms with E-state index >= 15 is 0 Å². The second kappa shape index (κ2) is 5.89. The van der Waals surface area contributed by atoms with Crippen LogP contribution >= 0.6 is 0 Å². The summed E-state index contributed by atoms with van der Waals surface area (Å²) in [6.45, 7) is 0. The second-order valence-corrected chi connectivity index (χ2v) is 5.36.